The van der Waals surface area contributed by atoms with Crippen LogP contribution in [0.15, 0.2) is 47.4 Å². The Kier molecular flexibility index (Phi) is 5.04. The second-order valence-corrected chi connectivity index (χ2v) is 10.6. The molecular formula is C17H15F2NO5S2. The smallest absolute Gasteiger partial charge is 0.258 e. The van der Waals surface area contributed by atoms with E-state index < -0.39 is 53.8 Å². The zero-order valence-corrected chi connectivity index (χ0v) is 15.5. The Morgan fingerprint density at radius 1 is 1.11 bits per heavy atom. The summed E-state index contributed by atoms with van der Waals surface area (Å²) < 4.78 is 75.7. The molecule has 0 aliphatic carbocycles. The SMILES string of the molecule is O=C(Nc1cccc(F)c1)c1cc(S(=O)(=O)C2CCS(=O)(=O)C2)ccc1F. The van der Waals surface area contributed by atoms with Gasteiger partial charge in [0, 0.05) is 5.69 Å². The lowest BCUT2D eigenvalue weighted by atomic mass is 10.2. The lowest BCUT2D eigenvalue weighted by Crippen LogP contribution is -2.23. The Bertz CT molecular complexity index is 1110. The molecule has 10 heteroatoms. The summed E-state index contributed by atoms with van der Waals surface area (Å²) in [5, 5.41) is 1.16. The second kappa shape index (κ2) is 7.01. The third kappa shape index (κ3) is 4.16. The number of rotatable bonds is 4. The van der Waals surface area contributed by atoms with Gasteiger partial charge in [0.2, 0.25) is 0 Å². The molecule has 3 rings (SSSR count). The van der Waals surface area contributed by atoms with E-state index in [4.69, 9.17) is 0 Å². The first-order chi connectivity index (χ1) is 12.6. The molecule has 6 nitrogen and oxygen atoms in total. The number of nitrogens with one attached hydrogen (secondary N) is 1. The van der Waals surface area contributed by atoms with Crippen LogP contribution in [0.4, 0.5) is 14.5 Å². The summed E-state index contributed by atoms with van der Waals surface area (Å²) in [6.45, 7) is 0. The molecule has 2 aromatic carbocycles. The van der Waals surface area contributed by atoms with Gasteiger partial charge >= 0.3 is 0 Å². The van der Waals surface area contributed by atoms with Crippen LogP contribution in [0.2, 0.25) is 0 Å². The predicted molar refractivity (Wildman–Crippen MR) is 95.0 cm³/mol. The van der Waals surface area contributed by atoms with Crippen LogP contribution >= 0.6 is 0 Å². The average molecular weight is 415 g/mol. The minimum atomic E-state index is -4.05. The number of carbonyl (C=O) groups is 1. The molecule has 0 aromatic heterocycles. The molecule has 0 saturated carbocycles. The van der Waals surface area contributed by atoms with E-state index in [-0.39, 0.29) is 22.8 Å². The van der Waals surface area contributed by atoms with Gasteiger partial charge in [0.25, 0.3) is 5.91 Å². The van der Waals surface area contributed by atoms with E-state index in [1.165, 1.54) is 18.2 Å². The van der Waals surface area contributed by atoms with Crippen molar-refractivity contribution in [3.8, 4) is 0 Å². The molecule has 1 unspecified atom stereocenters. The van der Waals surface area contributed by atoms with Gasteiger partial charge < -0.3 is 5.32 Å². The number of anilines is 1. The largest absolute Gasteiger partial charge is 0.322 e. The number of carbonyl (C=O) groups excluding carboxylic acids is 1. The van der Waals surface area contributed by atoms with Gasteiger partial charge in [-0.3, -0.25) is 4.79 Å². The topological polar surface area (TPSA) is 97.4 Å². The molecule has 1 fully saturated rings. The van der Waals surface area contributed by atoms with Gasteiger partial charge in [-0.25, -0.2) is 25.6 Å². The minimum Gasteiger partial charge on any atom is -0.322 e. The highest BCUT2D eigenvalue weighted by Gasteiger charge is 2.38. The Hall–Kier alpha value is -2.33. The highest BCUT2D eigenvalue weighted by atomic mass is 32.2. The minimum absolute atomic E-state index is 0.0487. The fourth-order valence-corrected chi connectivity index (χ4v) is 7.20. The van der Waals surface area contributed by atoms with Crippen LogP contribution in [0.1, 0.15) is 16.8 Å². The summed E-state index contributed by atoms with van der Waals surface area (Å²) in [6, 6.07) is 7.63. The first-order valence-corrected chi connectivity index (χ1v) is 11.3. The summed E-state index contributed by atoms with van der Waals surface area (Å²) in [5.41, 5.74) is -0.462. The van der Waals surface area contributed by atoms with Gasteiger partial charge in [-0.05, 0) is 42.8 Å². The maximum absolute atomic E-state index is 14.1. The van der Waals surface area contributed by atoms with Crippen LogP contribution in [0.5, 0.6) is 0 Å². The first-order valence-electron chi connectivity index (χ1n) is 7.89. The lowest BCUT2D eigenvalue weighted by molar-refractivity contribution is 0.102. The maximum Gasteiger partial charge on any atom is 0.258 e. The summed E-state index contributed by atoms with van der Waals surface area (Å²) in [7, 11) is -7.48. The monoisotopic (exact) mass is 415 g/mol. The Balaban J connectivity index is 1.91. The summed E-state index contributed by atoms with van der Waals surface area (Å²) in [4.78, 5) is 11.9. The fraction of sp³-hybridized carbons (Fsp3) is 0.235. The summed E-state index contributed by atoms with van der Waals surface area (Å²) in [5.74, 6) is -3.24. The predicted octanol–water partition coefficient (Wildman–Crippen LogP) is 2.18. The van der Waals surface area contributed by atoms with Crippen molar-refractivity contribution in [1.29, 1.82) is 0 Å². The van der Waals surface area contributed by atoms with Crippen LogP contribution in [-0.4, -0.2) is 39.5 Å². The molecule has 144 valence electrons. The second-order valence-electron chi connectivity index (χ2n) is 6.18. The molecule has 27 heavy (non-hydrogen) atoms. The molecule has 1 atom stereocenters. The number of sulfone groups is 2. The van der Waals surface area contributed by atoms with Gasteiger partial charge in [-0.2, -0.15) is 0 Å². The van der Waals surface area contributed by atoms with Gasteiger partial charge in [0.05, 0.1) is 27.2 Å². The normalized spacial score (nSPS) is 19.0. The summed E-state index contributed by atoms with van der Waals surface area (Å²) >= 11 is 0. The van der Waals surface area contributed by atoms with Crippen molar-refractivity contribution < 1.29 is 30.4 Å². The van der Waals surface area contributed by atoms with E-state index >= 15 is 0 Å². The lowest BCUT2D eigenvalue weighted by Gasteiger charge is -2.12. The van der Waals surface area contributed by atoms with Gasteiger partial charge in [-0.15, -0.1) is 0 Å². The number of hydrogen-bond acceptors (Lipinski definition) is 5. The molecule has 0 bridgehead atoms. The van der Waals surface area contributed by atoms with Crippen molar-refractivity contribution in [2.45, 2.75) is 16.6 Å². The van der Waals surface area contributed by atoms with Crippen LogP contribution < -0.4 is 5.32 Å². The maximum atomic E-state index is 14.1. The highest BCUT2D eigenvalue weighted by molar-refractivity contribution is 7.96. The van der Waals surface area contributed by atoms with Crippen LogP contribution in [0.3, 0.4) is 0 Å². The number of benzene rings is 2. The Morgan fingerprint density at radius 3 is 2.48 bits per heavy atom. The van der Waals surface area contributed by atoms with E-state index in [9.17, 15) is 30.4 Å². The Morgan fingerprint density at radius 2 is 1.85 bits per heavy atom. The van der Waals surface area contributed by atoms with Crippen LogP contribution in [0, 0.1) is 11.6 Å². The van der Waals surface area contributed by atoms with Crippen molar-refractivity contribution in [1.82, 2.24) is 0 Å². The number of halogens is 2. The van der Waals surface area contributed by atoms with Crippen LogP contribution in [0.25, 0.3) is 0 Å². The molecule has 1 heterocycles. The van der Waals surface area contributed by atoms with Gasteiger partial charge in [-0.1, -0.05) is 6.07 Å². The van der Waals surface area contributed by atoms with E-state index in [1.54, 1.807) is 0 Å². The molecule has 1 amide bonds. The van der Waals surface area contributed by atoms with Crippen molar-refractivity contribution in [3.05, 3.63) is 59.7 Å². The number of hydrogen-bond donors (Lipinski definition) is 1. The zero-order valence-electron chi connectivity index (χ0n) is 13.9. The van der Waals surface area contributed by atoms with Crippen molar-refractivity contribution in [2.24, 2.45) is 0 Å². The molecule has 1 aliphatic rings. The Labute approximate surface area is 155 Å². The standard InChI is InChI=1S/C17H15F2NO5S2/c18-11-2-1-3-12(8-11)20-17(21)15-9-13(4-5-16(15)19)27(24,25)14-6-7-26(22,23)10-14/h1-5,8-9,14H,6-7,10H2,(H,20,21). The van der Waals surface area contributed by atoms with Crippen LogP contribution in [-0.2, 0) is 19.7 Å². The molecule has 1 aliphatic heterocycles. The van der Waals surface area contributed by atoms with Gasteiger partial charge in [0.1, 0.15) is 11.6 Å². The molecule has 2 aromatic rings. The zero-order chi connectivity index (χ0) is 19.8. The number of amides is 1. The molecule has 0 radical (unpaired) electrons. The van der Waals surface area contributed by atoms with E-state index in [0.29, 0.717) is 0 Å². The molecule has 1 saturated heterocycles. The van der Waals surface area contributed by atoms with Crippen molar-refractivity contribution in [2.75, 3.05) is 16.8 Å². The highest BCUT2D eigenvalue weighted by Crippen LogP contribution is 2.27. The van der Waals surface area contributed by atoms with E-state index in [2.05, 4.69) is 5.32 Å². The molecule has 1 N–H and O–H groups in total. The summed E-state index contributed by atoms with van der Waals surface area (Å²) in [6.07, 6.45) is -0.0487. The van der Waals surface area contributed by atoms with E-state index in [0.717, 1.165) is 24.3 Å². The van der Waals surface area contributed by atoms with Crippen molar-refractivity contribution >= 4 is 31.3 Å². The quantitative estimate of drug-likeness (QED) is 0.772. The first kappa shape index (κ1) is 19.4. The van der Waals surface area contributed by atoms with Gasteiger partial charge in [0.15, 0.2) is 19.7 Å². The van der Waals surface area contributed by atoms with E-state index in [1.807, 2.05) is 0 Å². The average Bonchev–Trinajstić information content (AvgIpc) is 2.95. The third-order valence-electron chi connectivity index (χ3n) is 4.22. The third-order valence-corrected chi connectivity index (χ3v) is 8.39. The molecule has 0 spiro atoms. The van der Waals surface area contributed by atoms with Crippen molar-refractivity contribution in [3.63, 3.8) is 0 Å². The molecular weight excluding hydrogens is 400 g/mol. The fourth-order valence-electron chi connectivity index (χ4n) is 2.82.